The first-order chi connectivity index (χ1) is 12.2. The molecule has 0 aliphatic heterocycles. The van der Waals surface area contributed by atoms with Gasteiger partial charge in [0.25, 0.3) is 5.91 Å². The molecule has 0 saturated heterocycles. The number of halogens is 2. The number of benzene rings is 1. The Hall–Kier alpha value is -2.41. The number of hydrogen-bond acceptors (Lipinski definition) is 4. The van der Waals surface area contributed by atoms with Crippen molar-refractivity contribution < 1.29 is 18.7 Å². The third-order valence-electron chi connectivity index (χ3n) is 4.27. The van der Waals surface area contributed by atoms with Crippen LogP contribution in [0.25, 0.3) is 0 Å². The second-order valence-corrected chi connectivity index (χ2v) is 6.52. The Morgan fingerprint density at radius 3 is 2.50 bits per heavy atom. The Kier molecular flexibility index (Phi) is 6.02. The SMILES string of the molecule is CCC(C)(NC(=O)c1c(C)nn(Cc2ccc(F)cc2)c1Cl)C(=O)OC. The second kappa shape index (κ2) is 7.86. The van der Waals surface area contributed by atoms with Crippen LogP contribution in [0, 0.1) is 12.7 Å². The van der Waals surface area contributed by atoms with Crippen LogP contribution in [0.1, 0.15) is 41.9 Å². The predicted molar refractivity (Wildman–Crippen MR) is 95.7 cm³/mol. The lowest BCUT2D eigenvalue weighted by Gasteiger charge is -2.26. The van der Waals surface area contributed by atoms with E-state index in [4.69, 9.17) is 16.3 Å². The molecule has 140 valence electrons. The van der Waals surface area contributed by atoms with Crippen molar-refractivity contribution in [1.29, 1.82) is 0 Å². The molecule has 6 nitrogen and oxygen atoms in total. The van der Waals surface area contributed by atoms with Gasteiger partial charge in [-0.1, -0.05) is 30.7 Å². The number of ether oxygens (including phenoxy) is 1. The smallest absolute Gasteiger partial charge is 0.331 e. The first kappa shape index (κ1) is 19.9. The van der Waals surface area contributed by atoms with Crippen molar-refractivity contribution in [3.63, 3.8) is 0 Å². The van der Waals surface area contributed by atoms with E-state index in [-0.39, 0.29) is 23.1 Å². The largest absolute Gasteiger partial charge is 0.467 e. The monoisotopic (exact) mass is 381 g/mol. The lowest BCUT2D eigenvalue weighted by atomic mass is 9.98. The number of hydrogen-bond donors (Lipinski definition) is 1. The second-order valence-electron chi connectivity index (χ2n) is 6.17. The number of carbonyl (C=O) groups is 2. The summed E-state index contributed by atoms with van der Waals surface area (Å²) in [5, 5.41) is 7.11. The lowest BCUT2D eigenvalue weighted by Crippen LogP contribution is -2.52. The summed E-state index contributed by atoms with van der Waals surface area (Å²) in [5.74, 6) is -1.38. The van der Waals surface area contributed by atoms with E-state index < -0.39 is 17.4 Å². The Morgan fingerprint density at radius 2 is 1.96 bits per heavy atom. The van der Waals surface area contributed by atoms with Crippen LogP contribution in [0.5, 0.6) is 0 Å². The van der Waals surface area contributed by atoms with Gasteiger partial charge in [-0.25, -0.2) is 13.9 Å². The van der Waals surface area contributed by atoms with Gasteiger partial charge in [0.1, 0.15) is 16.5 Å². The van der Waals surface area contributed by atoms with E-state index in [2.05, 4.69) is 10.4 Å². The van der Waals surface area contributed by atoms with Gasteiger partial charge in [0.05, 0.1) is 24.9 Å². The molecule has 1 N–H and O–H groups in total. The highest BCUT2D eigenvalue weighted by atomic mass is 35.5. The van der Waals surface area contributed by atoms with E-state index in [1.165, 1.54) is 23.9 Å². The Bertz CT molecular complexity index is 820. The van der Waals surface area contributed by atoms with Crippen LogP contribution in [-0.2, 0) is 16.1 Å². The van der Waals surface area contributed by atoms with Crippen LogP contribution in [0.4, 0.5) is 4.39 Å². The van der Waals surface area contributed by atoms with Gasteiger partial charge in [0.15, 0.2) is 0 Å². The molecule has 1 atom stereocenters. The fraction of sp³-hybridized carbons (Fsp3) is 0.389. The van der Waals surface area contributed by atoms with Crippen molar-refractivity contribution in [3.8, 4) is 0 Å². The number of methoxy groups -OCH3 is 1. The third-order valence-corrected chi connectivity index (χ3v) is 4.65. The zero-order valence-corrected chi connectivity index (χ0v) is 15.9. The molecule has 1 aromatic carbocycles. The number of aromatic nitrogens is 2. The number of aryl methyl sites for hydroxylation is 1. The van der Waals surface area contributed by atoms with Crippen LogP contribution in [-0.4, -0.2) is 34.3 Å². The maximum Gasteiger partial charge on any atom is 0.331 e. The van der Waals surface area contributed by atoms with E-state index in [1.54, 1.807) is 32.9 Å². The van der Waals surface area contributed by atoms with Gasteiger partial charge in [0, 0.05) is 0 Å². The van der Waals surface area contributed by atoms with Gasteiger partial charge in [-0.3, -0.25) is 4.79 Å². The van der Waals surface area contributed by atoms with Crippen molar-refractivity contribution in [2.24, 2.45) is 0 Å². The summed E-state index contributed by atoms with van der Waals surface area (Å²) >= 11 is 6.34. The molecule has 0 radical (unpaired) electrons. The Balaban J connectivity index is 2.27. The average molecular weight is 382 g/mol. The summed E-state index contributed by atoms with van der Waals surface area (Å²) in [7, 11) is 1.27. The Labute approximate surface area is 156 Å². The van der Waals surface area contributed by atoms with Gasteiger partial charge in [0.2, 0.25) is 0 Å². The number of esters is 1. The molecular formula is C18H21ClFN3O3. The van der Waals surface area contributed by atoms with Crippen LogP contribution < -0.4 is 5.32 Å². The first-order valence-corrected chi connectivity index (χ1v) is 8.48. The molecule has 1 aromatic heterocycles. The fourth-order valence-electron chi connectivity index (χ4n) is 2.50. The summed E-state index contributed by atoms with van der Waals surface area (Å²) in [5.41, 5.74) is 0.242. The molecule has 8 heteroatoms. The zero-order valence-electron chi connectivity index (χ0n) is 15.1. The molecule has 0 saturated carbocycles. The standard InChI is InChI=1S/C18H21ClFN3O3/c1-5-18(3,17(25)26-4)21-16(24)14-11(2)22-23(15(14)19)10-12-6-8-13(20)9-7-12/h6-9H,5,10H2,1-4H3,(H,21,24). The maximum atomic E-state index is 13.0. The molecule has 0 aliphatic carbocycles. The number of nitrogens with zero attached hydrogens (tertiary/aromatic N) is 2. The van der Waals surface area contributed by atoms with Gasteiger partial charge < -0.3 is 10.1 Å². The molecular weight excluding hydrogens is 361 g/mol. The fourth-order valence-corrected chi connectivity index (χ4v) is 2.82. The zero-order chi connectivity index (χ0) is 19.5. The molecule has 2 aromatic rings. The minimum Gasteiger partial charge on any atom is -0.467 e. The molecule has 1 heterocycles. The number of carbonyl (C=O) groups excluding carboxylic acids is 2. The molecule has 0 bridgehead atoms. The van der Waals surface area contributed by atoms with E-state index >= 15 is 0 Å². The number of amides is 1. The molecule has 0 spiro atoms. The van der Waals surface area contributed by atoms with E-state index in [1.807, 2.05) is 0 Å². The van der Waals surface area contributed by atoms with Gasteiger partial charge in [-0.05, 0) is 38.0 Å². The summed E-state index contributed by atoms with van der Waals surface area (Å²) in [6, 6.07) is 5.92. The van der Waals surface area contributed by atoms with Gasteiger partial charge in [-0.2, -0.15) is 5.10 Å². The summed E-state index contributed by atoms with van der Waals surface area (Å²) in [6.45, 7) is 5.30. The predicted octanol–water partition coefficient (Wildman–Crippen LogP) is 3.10. The number of nitrogens with one attached hydrogen (secondary N) is 1. The van der Waals surface area contributed by atoms with Crippen molar-refractivity contribution >= 4 is 23.5 Å². The van der Waals surface area contributed by atoms with Crippen LogP contribution in [0.15, 0.2) is 24.3 Å². The number of rotatable bonds is 6. The van der Waals surface area contributed by atoms with Crippen LogP contribution >= 0.6 is 11.6 Å². The van der Waals surface area contributed by atoms with Gasteiger partial charge in [-0.15, -0.1) is 0 Å². The summed E-state index contributed by atoms with van der Waals surface area (Å²) < 4.78 is 19.2. The molecule has 0 aliphatic rings. The normalized spacial score (nSPS) is 13.2. The van der Waals surface area contributed by atoms with E-state index in [0.717, 1.165) is 5.56 Å². The topological polar surface area (TPSA) is 73.2 Å². The highest BCUT2D eigenvalue weighted by Crippen LogP contribution is 2.23. The molecule has 26 heavy (non-hydrogen) atoms. The first-order valence-electron chi connectivity index (χ1n) is 8.10. The minimum absolute atomic E-state index is 0.146. The van der Waals surface area contributed by atoms with Gasteiger partial charge >= 0.3 is 5.97 Å². The third kappa shape index (κ3) is 4.04. The Morgan fingerprint density at radius 1 is 1.35 bits per heavy atom. The molecule has 0 fully saturated rings. The summed E-state index contributed by atoms with van der Waals surface area (Å²) in [6.07, 6.45) is 0.353. The lowest BCUT2D eigenvalue weighted by molar-refractivity contribution is -0.147. The van der Waals surface area contributed by atoms with Crippen molar-refractivity contribution in [3.05, 3.63) is 52.1 Å². The van der Waals surface area contributed by atoms with Crippen molar-refractivity contribution in [2.45, 2.75) is 39.3 Å². The van der Waals surface area contributed by atoms with Crippen molar-refractivity contribution in [1.82, 2.24) is 15.1 Å². The van der Waals surface area contributed by atoms with E-state index in [9.17, 15) is 14.0 Å². The average Bonchev–Trinajstić information content (AvgIpc) is 2.89. The highest BCUT2D eigenvalue weighted by molar-refractivity contribution is 6.33. The molecule has 2 rings (SSSR count). The summed E-state index contributed by atoms with van der Waals surface area (Å²) in [4.78, 5) is 24.6. The maximum absolute atomic E-state index is 13.0. The van der Waals surface area contributed by atoms with Crippen LogP contribution in [0.2, 0.25) is 5.15 Å². The van der Waals surface area contributed by atoms with Crippen LogP contribution in [0.3, 0.4) is 0 Å². The molecule has 1 unspecified atom stereocenters. The quantitative estimate of drug-likeness (QED) is 0.780. The minimum atomic E-state index is -1.17. The van der Waals surface area contributed by atoms with E-state index in [0.29, 0.717) is 12.1 Å². The van der Waals surface area contributed by atoms with Crippen molar-refractivity contribution in [2.75, 3.05) is 7.11 Å². The molecule has 1 amide bonds. The highest BCUT2D eigenvalue weighted by Gasteiger charge is 2.36.